The van der Waals surface area contributed by atoms with Crippen LogP contribution in [0.5, 0.6) is 0 Å². The van der Waals surface area contributed by atoms with Crippen molar-refractivity contribution >= 4 is 29.0 Å². The first-order valence-corrected chi connectivity index (χ1v) is 9.45. The number of ketones is 1. The largest absolute Gasteiger partial charge is 0.294 e. The minimum absolute atomic E-state index is 0.0673. The summed E-state index contributed by atoms with van der Waals surface area (Å²) in [5, 5.41) is 15.8. The van der Waals surface area contributed by atoms with Gasteiger partial charge in [-0.1, -0.05) is 37.7 Å². The molecule has 27 heavy (non-hydrogen) atoms. The molecule has 8 nitrogen and oxygen atoms in total. The van der Waals surface area contributed by atoms with E-state index in [0.717, 1.165) is 17.7 Å². The van der Waals surface area contributed by atoms with Crippen LogP contribution in [0.25, 0.3) is 5.78 Å². The molecule has 0 N–H and O–H groups in total. The van der Waals surface area contributed by atoms with Gasteiger partial charge in [0, 0.05) is 30.5 Å². The molecule has 0 atom stereocenters. The maximum absolute atomic E-state index is 12.4. The average Bonchev–Trinajstić information content (AvgIpc) is 3.03. The van der Waals surface area contributed by atoms with Crippen molar-refractivity contribution in [1.82, 2.24) is 19.6 Å². The first kappa shape index (κ1) is 17.6. The van der Waals surface area contributed by atoms with Gasteiger partial charge in [-0.2, -0.15) is 9.50 Å². The van der Waals surface area contributed by atoms with E-state index in [1.54, 1.807) is 22.8 Å². The highest BCUT2D eigenvalue weighted by atomic mass is 32.2. The van der Waals surface area contributed by atoms with Gasteiger partial charge in [0.25, 0.3) is 11.5 Å². The lowest BCUT2D eigenvalue weighted by atomic mass is 9.76. The van der Waals surface area contributed by atoms with Gasteiger partial charge in [-0.15, -0.1) is 5.10 Å². The molecule has 0 unspecified atom stereocenters. The number of hydrogen-bond donors (Lipinski definition) is 0. The molecule has 0 bridgehead atoms. The van der Waals surface area contributed by atoms with Crippen LogP contribution >= 0.6 is 11.8 Å². The van der Waals surface area contributed by atoms with E-state index in [-0.39, 0.29) is 16.9 Å². The maximum Gasteiger partial charge on any atom is 0.269 e. The minimum Gasteiger partial charge on any atom is -0.294 e. The third kappa shape index (κ3) is 3.42. The second-order valence-electron chi connectivity index (χ2n) is 7.38. The molecule has 0 amide bonds. The van der Waals surface area contributed by atoms with Crippen LogP contribution in [0.4, 0.5) is 5.69 Å². The monoisotopic (exact) mass is 383 g/mol. The molecule has 1 aromatic carbocycles. The molecule has 1 aliphatic carbocycles. The summed E-state index contributed by atoms with van der Waals surface area (Å²) >= 11 is 1.43. The van der Waals surface area contributed by atoms with E-state index in [2.05, 4.69) is 28.9 Å². The summed E-state index contributed by atoms with van der Waals surface area (Å²) in [5.41, 5.74) is 2.37. The second-order valence-corrected chi connectivity index (χ2v) is 8.32. The van der Waals surface area contributed by atoms with E-state index in [9.17, 15) is 14.9 Å². The number of carbonyl (C=O) groups excluding carboxylic acids is 1. The summed E-state index contributed by atoms with van der Waals surface area (Å²) in [5.74, 6) is 1.15. The molecule has 0 saturated heterocycles. The van der Waals surface area contributed by atoms with Crippen molar-refractivity contribution in [2.24, 2.45) is 5.41 Å². The lowest BCUT2D eigenvalue weighted by Gasteiger charge is -2.29. The number of rotatable bonds is 4. The normalized spacial score (nSPS) is 15.7. The van der Waals surface area contributed by atoms with E-state index >= 15 is 0 Å². The number of non-ortho nitro benzene ring substituents is 1. The van der Waals surface area contributed by atoms with Crippen molar-refractivity contribution in [1.29, 1.82) is 0 Å². The van der Waals surface area contributed by atoms with Crippen molar-refractivity contribution in [3.8, 4) is 0 Å². The number of nitrogens with zero attached hydrogens (tertiary/aromatic N) is 5. The smallest absolute Gasteiger partial charge is 0.269 e. The Kier molecular flexibility index (Phi) is 4.18. The minimum atomic E-state index is -0.418. The Morgan fingerprint density at radius 2 is 2.00 bits per heavy atom. The van der Waals surface area contributed by atoms with Gasteiger partial charge in [0.15, 0.2) is 5.78 Å². The topological polar surface area (TPSA) is 103 Å². The molecule has 0 spiro atoms. The third-order valence-corrected chi connectivity index (χ3v) is 5.46. The third-order valence-electron chi connectivity index (χ3n) is 4.55. The van der Waals surface area contributed by atoms with E-state index < -0.39 is 4.92 Å². The number of thioether (sulfide) groups is 1. The summed E-state index contributed by atoms with van der Waals surface area (Å²) in [4.78, 5) is 31.4. The van der Waals surface area contributed by atoms with Crippen LogP contribution in [0.1, 0.15) is 41.9 Å². The summed E-state index contributed by atoms with van der Waals surface area (Å²) in [7, 11) is 0. The van der Waals surface area contributed by atoms with E-state index in [0.29, 0.717) is 28.7 Å². The van der Waals surface area contributed by atoms with E-state index in [4.69, 9.17) is 0 Å². The molecule has 2 heterocycles. The SMILES string of the molecule is CC1(C)CC(=O)c2cnc3nc(SCc4ccc([N+](=O)[O-])cc4)nn3c2C1. The van der Waals surface area contributed by atoms with Gasteiger partial charge >= 0.3 is 0 Å². The highest BCUT2D eigenvalue weighted by Gasteiger charge is 2.33. The fourth-order valence-corrected chi connectivity index (χ4v) is 4.01. The summed E-state index contributed by atoms with van der Waals surface area (Å²) in [6.07, 6.45) is 2.84. The molecule has 4 rings (SSSR count). The highest BCUT2D eigenvalue weighted by Crippen LogP contribution is 2.34. The van der Waals surface area contributed by atoms with Crippen molar-refractivity contribution in [2.45, 2.75) is 37.6 Å². The van der Waals surface area contributed by atoms with Crippen LogP contribution in [-0.2, 0) is 12.2 Å². The van der Waals surface area contributed by atoms with E-state index in [1.807, 2.05) is 0 Å². The number of hydrogen-bond acceptors (Lipinski definition) is 7. The maximum atomic E-state index is 12.4. The Labute approximate surface area is 159 Å². The standard InChI is InChI=1S/C18H17N5O3S/c1-18(2)7-14-13(15(24)8-18)9-19-16-20-17(21-22(14)16)27-10-11-3-5-12(6-4-11)23(25)26/h3-6,9H,7-8,10H2,1-2H3. The predicted molar refractivity (Wildman–Crippen MR) is 99.9 cm³/mol. The Hall–Kier alpha value is -2.81. The van der Waals surface area contributed by atoms with Crippen LogP contribution in [0, 0.1) is 15.5 Å². The molecule has 9 heteroatoms. The van der Waals surface area contributed by atoms with Gasteiger partial charge in [-0.05, 0) is 17.4 Å². The number of aromatic nitrogens is 4. The molecule has 0 radical (unpaired) electrons. The zero-order valence-corrected chi connectivity index (χ0v) is 15.7. The summed E-state index contributed by atoms with van der Waals surface area (Å²) in [6, 6.07) is 6.42. The van der Waals surface area contributed by atoms with Crippen LogP contribution < -0.4 is 0 Å². The van der Waals surface area contributed by atoms with Crippen molar-refractivity contribution in [3.63, 3.8) is 0 Å². The van der Waals surface area contributed by atoms with Gasteiger partial charge in [-0.3, -0.25) is 14.9 Å². The Balaban J connectivity index is 1.59. The van der Waals surface area contributed by atoms with Crippen LogP contribution in [0.15, 0.2) is 35.6 Å². The van der Waals surface area contributed by atoms with Gasteiger partial charge in [0.1, 0.15) is 0 Å². The van der Waals surface area contributed by atoms with Gasteiger partial charge < -0.3 is 0 Å². The molecule has 0 fully saturated rings. The number of Topliss-reactive ketones (excluding diaryl/α,β-unsaturated/α-hetero) is 1. The molecule has 1 aliphatic rings. The first-order valence-electron chi connectivity index (χ1n) is 8.46. The first-order chi connectivity index (χ1) is 12.8. The predicted octanol–water partition coefficient (Wildman–Crippen LogP) is 3.48. The van der Waals surface area contributed by atoms with Crippen molar-refractivity contribution < 1.29 is 9.72 Å². The quantitative estimate of drug-likeness (QED) is 0.386. The molecule has 138 valence electrons. The number of nitro benzene ring substituents is 1. The van der Waals surface area contributed by atoms with Gasteiger partial charge in [0.05, 0.1) is 16.2 Å². The fourth-order valence-electron chi connectivity index (χ4n) is 3.23. The molecule has 2 aromatic heterocycles. The zero-order chi connectivity index (χ0) is 19.2. The lowest BCUT2D eigenvalue weighted by Crippen LogP contribution is -2.29. The number of carbonyl (C=O) groups is 1. The summed E-state index contributed by atoms with van der Waals surface area (Å²) in [6.45, 7) is 4.14. The van der Waals surface area contributed by atoms with Crippen LogP contribution in [0.3, 0.4) is 0 Å². The number of fused-ring (bicyclic) bond motifs is 3. The van der Waals surface area contributed by atoms with Crippen molar-refractivity contribution in [2.75, 3.05) is 0 Å². The Morgan fingerprint density at radius 1 is 1.26 bits per heavy atom. The Bertz CT molecular complexity index is 1060. The van der Waals surface area contributed by atoms with Crippen molar-refractivity contribution in [3.05, 3.63) is 57.4 Å². The number of benzene rings is 1. The van der Waals surface area contributed by atoms with Crippen LogP contribution in [-0.4, -0.2) is 30.3 Å². The zero-order valence-electron chi connectivity index (χ0n) is 14.9. The van der Waals surface area contributed by atoms with Gasteiger partial charge in [-0.25, -0.2) is 4.98 Å². The van der Waals surface area contributed by atoms with E-state index in [1.165, 1.54) is 23.9 Å². The van der Waals surface area contributed by atoms with Gasteiger partial charge in [0.2, 0.25) is 5.16 Å². The molecular weight excluding hydrogens is 366 g/mol. The fraction of sp³-hybridized carbons (Fsp3) is 0.333. The molecule has 0 aliphatic heterocycles. The van der Waals surface area contributed by atoms with Crippen LogP contribution in [0.2, 0.25) is 0 Å². The average molecular weight is 383 g/mol. The molecule has 0 saturated carbocycles. The molecule has 3 aromatic rings. The summed E-state index contributed by atoms with van der Waals surface area (Å²) < 4.78 is 1.67. The molecular formula is C18H17N5O3S. The second kappa shape index (κ2) is 6.41. The highest BCUT2D eigenvalue weighted by molar-refractivity contribution is 7.98. The number of nitro groups is 1. The Morgan fingerprint density at radius 3 is 2.70 bits per heavy atom. The lowest BCUT2D eigenvalue weighted by molar-refractivity contribution is -0.384.